The van der Waals surface area contributed by atoms with E-state index in [1.54, 1.807) is 11.3 Å². The van der Waals surface area contributed by atoms with Crippen molar-refractivity contribution in [2.24, 2.45) is 0 Å². The van der Waals surface area contributed by atoms with E-state index in [4.69, 9.17) is 11.6 Å². The van der Waals surface area contributed by atoms with Crippen molar-refractivity contribution in [3.8, 4) is 0 Å². The molecule has 0 aliphatic carbocycles. The monoisotopic (exact) mass is 215 g/mol. The third kappa shape index (κ3) is 3.94. The average molecular weight is 216 g/mol. The number of rotatable bonds is 4. The highest BCUT2D eigenvalue weighted by Gasteiger charge is 2.02. The van der Waals surface area contributed by atoms with Gasteiger partial charge in [-0.2, -0.15) is 0 Å². The summed E-state index contributed by atoms with van der Waals surface area (Å²) in [7, 11) is 2.09. The number of hydrogen-bond acceptors (Lipinski definition) is 2. The topological polar surface area (TPSA) is 3.24 Å². The lowest BCUT2D eigenvalue weighted by molar-refractivity contribution is 0.359. The van der Waals surface area contributed by atoms with Crippen LogP contribution in [-0.2, 0) is 6.54 Å². The Labute approximate surface area is 88.6 Å². The SMILES string of the molecule is C=C(C)CN(C)Cc1ccc(Cl)s1. The minimum Gasteiger partial charge on any atom is -0.297 e. The molecule has 0 bridgehead atoms. The van der Waals surface area contributed by atoms with Crippen molar-refractivity contribution in [1.82, 2.24) is 4.90 Å². The van der Waals surface area contributed by atoms with Gasteiger partial charge >= 0.3 is 0 Å². The van der Waals surface area contributed by atoms with Crippen LogP contribution in [0.15, 0.2) is 24.3 Å². The first-order valence-electron chi connectivity index (χ1n) is 4.15. The molecule has 0 aliphatic heterocycles. The van der Waals surface area contributed by atoms with Gasteiger partial charge in [0.25, 0.3) is 0 Å². The van der Waals surface area contributed by atoms with E-state index < -0.39 is 0 Å². The molecule has 0 amide bonds. The molecule has 3 heteroatoms. The molecule has 0 radical (unpaired) electrons. The first kappa shape index (κ1) is 10.8. The second kappa shape index (κ2) is 4.80. The van der Waals surface area contributed by atoms with Crippen LogP contribution in [0.2, 0.25) is 4.34 Å². The molecule has 0 spiro atoms. The van der Waals surface area contributed by atoms with Gasteiger partial charge < -0.3 is 0 Å². The van der Waals surface area contributed by atoms with Gasteiger partial charge in [0.05, 0.1) is 4.34 Å². The lowest BCUT2D eigenvalue weighted by Gasteiger charge is -2.14. The van der Waals surface area contributed by atoms with Gasteiger partial charge in [0.2, 0.25) is 0 Å². The third-order valence-electron chi connectivity index (χ3n) is 1.59. The standard InChI is InChI=1S/C10H14ClNS/c1-8(2)6-12(3)7-9-4-5-10(11)13-9/h4-5H,1,6-7H2,2-3H3. The quantitative estimate of drug-likeness (QED) is 0.696. The van der Waals surface area contributed by atoms with Crippen LogP contribution in [-0.4, -0.2) is 18.5 Å². The third-order valence-corrected chi connectivity index (χ3v) is 2.81. The molecule has 1 aromatic heterocycles. The fourth-order valence-electron chi connectivity index (χ4n) is 1.22. The molecular formula is C10H14ClNS. The van der Waals surface area contributed by atoms with Gasteiger partial charge in [0.15, 0.2) is 0 Å². The van der Waals surface area contributed by atoms with Crippen molar-refractivity contribution in [1.29, 1.82) is 0 Å². The predicted molar refractivity (Wildman–Crippen MR) is 60.5 cm³/mol. The molecule has 0 aliphatic rings. The van der Waals surface area contributed by atoms with Gasteiger partial charge in [-0.15, -0.1) is 11.3 Å². The Morgan fingerprint density at radius 2 is 2.31 bits per heavy atom. The van der Waals surface area contributed by atoms with Crippen LogP contribution in [0.1, 0.15) is 11.8 Å². The number of hydrogen-bond donors (Lipinski definition) is 0. The molecule has 1 rings (SSSR count). The minimum absolute atomic E-state index is 0.860. The van der Waals surface area contributed by atoms with Gasteiger partial charge in [-0.3, -0.25) is 4.90 Å². The molecule has 0 N–H and O–H groups in total. The molecule has 1 heterocycles. The fourth-order valence-corrected chi connectivity index (χ4v) is 2.39. The Balaban J connectivity index is 2.44. The van der Waals surface area contributed by atoms with E-state index >= 15 is 0 Å². The molecule has 72 valence electrons. The van der Waals surface area contributed by atoms with Crippen LogP contribution in [0.5, 0.6) is 0 Å². The van der Waals surface area contributed by atoms with Crippen LogP contribution in [0.3, 0.4) is 0 Å². The molecule has 0 saturated heterocycles. The molecule has 0 fully saturated rings. The first-order chi connectivity index (χ1) is 6.08. The van der Waals surface area contributed by atoms with Crippen LogP contribution < -0.4 is 0 Å². The van der Waals surface area contributed by atoms with Crippen LogP contribution in [0.25, 0.3) is 0 Å². The Kier molecular flexibility index (Phi) is 3.97. The van der Waals surface area contributed by atoms with Crippen molar-refractivity contribution in [2.75, 3.05) is 13.6 Å². The van der Waals surface area contributed by atoms with Crippen molar-refractivity contribution in [3.05, 3.63) is 33.5 Å². The molecule has 0 aromatic carbocycles. The first-order valence-corrected chi connectivity index (χ1v) is 5.34. The van der Waals surface area contributed by atoms with Crippen LogP contribution in [0, 0.1) is 0 Å². The number of likely N-dealkylation sites (N-methyl/N-ethyl adjacent to an activating group) is 1. The molecule has 13 heavy (non-hydrogen) atoms. The van der Waals surface area contributed by atoms with Gasteiger partial charge in [0, 0.05) is 18.0 Å². The Hall–Kier alpha value is -0.310. The fraction of sp³-hybridized carbons (Fsp3) is 0.400. The lowest BCUT2D eigenvalue weighted by Crippen LogP contribution is -2.18. The van der Waals surface area contributed by atoms with Crippen LogP contribution >= 0.6 is 22.9 Å². The largest absolute Gasteiger partial charge is 0.297 e. The van der Waals surface area contributed by atoms with Crippen molar-refractivity contribution in [2.45, 2.75) is 13.5 Å². The van der Waals surface area contributed by atoms with E-state index in [1.165, 1.54) is 10.5 Å². The molecule has 1 aromatic rings. The highest BCUT2D eigenvalue weighted by atomic mass is 35.5. The predicted octanol–water partition coefficient (Wildman–Crippen LogP) is 3.41. The summed E-state index contributed by atoms with van der Waals surface area (Å²) in [6, 6.07) is 4.01. The van der Waals surface area contributed by atoms with Crippen molar-refractivity contribution < 1.29 is 0 Å². The second-order valence-electron chi connectivity index (χ2n) is 3.34. The summed E-state index contributed by atoms with van der Waals surface area (Å²) in [5.41, 5.74) is 1.19. The highest BCUT2D eigenvalue weighted by Crippen LogP contribution is 2.22. The molecule has 0 unspecified atom stereocenters. The summed E-state index contributed by atoms with van der Waals surface area (Å²) in [6.45, 7) is 7.81. The Bertz CT molecular complexity index is 293. The Morgan fingerprint density at radius 3 is 2.77 bits per heavy atom. The maximum Gasteiger partial charge on any atom is 0.0931 e. The summed E-state index contributed by atoms with van der Waals surface area (Å²) >= 11 is 7.47. The van der Waals surface area contributed by atoms with Gasteiger partial charge in [-0.25, -0.2) is 0 Å². The molecular weight excluding hydrogens is 202 g/mol. The number of halogens is 1. The van der Waals surface area contributed by atoms with Gasteiger partial charge in [0.1, 0.15) is 0 Å². The average Bonchev–Trinajstić information content (AvgIpc) is 2.33. The number of nitrogens with zero attached hydrogens (tertiary/aromatic N) is 1. The zero-order chi connectivity index (χ0) is 9.84. The molecule has 0 atom stereocenters. The van der Waals surface area contributed by atoms with E-state index in [9.17, 15) is 0 Å². The van der Waals surface area contributed by atoms with Crippen molar-refractivity contribution in [3.63, 3.8) is 0 Å². The number of thiophene rings is 1. The summed E-state index contributed by atoms with van der Waals surface area (Å²) in [4.78, 5) is 3.53. The van der Waals surface area contributed by atoms with E-state index in [2.05, 4.69) is 24.6 Å². The summed E-state index contributed by atoms with van der Waals surface area (Å²) in [5.74, 6) is 0. The summed E-state index contributed by atoms with van der Waals surface area (Å²) in [5, 5.41) is 0. The van der Waals surface area contributed by atoms with Crippen molar-refractivity contribution >= 4 is 22.9 Å². The summed E-state index contributed by atoms with van der Waals surface area (Å²) < 4.78 is 0.860. The normalized spacial score (nSPS) is 10.8. The maximum absolute atomic E-state index is 5.83. The Morgan fingerprint density at radius 1 is 1.62 bits per heavy atom. The zero-order valence-corrected chi connectivity index (χ0v) is 9.58. The highest BCUT2D eigenvalue weighted by molar-refractivity contribution is 7.16. The molecule has 1 nitrogen and oxygen atoms in total. The lowest BCUT2D eigenvalue weighted by atomic mass is 10.3. The minimum atomic E-state index is 0.860. The van der Waals surface area contributed by atoms with Gasteiger partial charge in [-0.1, -0.05) is 23.8 Å². The maximum atomic E-state index is 5.83. The van der Waals surface area contributed by atoms with E-state index in [0.29, 0.717) is 0 Å². The van der Waals surface area contributed by atoms with E-state index in [-0.39, 0.29) is 0 Å². The smallest absolute Gasteiger partial charge is 0.0931 e. The molecule has 0 saturated carbocycles. The van der Waals surface area contributed by atoms with Crippen LogP contribution in [0.4, 0.5) is 0 Å². The second-order valence-corrected chi connectivity index (χ2v) is 5.13. The van der Waals surface area contributed by atoms with Gasteiger partial charge in [-0.05, 0) is 26.1 Å². The van der Waals surface area contributed by atoms with E-state index in [1.807, 2.05) is 13.0 Å². The zero-order valence-electron chi connectivity index (χ0n) is 8.01. The van der Waals surface area contributed by atoms with E-state index in [0.717, 1.165) is 17.4 Å². The summed E-state index contributed by atoms with van der Waals surface area (Å²) in [6.07, 6.45) is 0.